The molecule has 0 aliphatic carbocycles. The number of phenolic OH excluding ortho intramolecular Hbond substituents is 8. The minimum Gasteiger partial charge on any atom is -0.508 e. The molecule has 5 aromatic rings. The second-order valence-electron chi connectivity index (χ2n) is 10.6. The van der Waals surface area contributed by atoms with Crippen molar-refractivity contribution in [2.45, 2.75) is 18.6 Å². The molecule has 0 spiro atoms. The topological polar surface area (TPSA) is 259 Å². The number of esters is 1. The molecular formula is C30H28N4O13. The summed E-state index contributed by atoms with van der Waals surface area (Å²) in [7, 11) is 4.77. The zero-order valence-electron chi connectivity index (χ0n) is 24.8. The fourth-order valence-corrected chi connectivity index (χ4v) is 5.02. The second-order valence-corrected chi connectivity index (χ2v) is 10.6. The number of imidazole rings is 1. The van der Waals surface area contributed by atoms with Crippen molar-refractivity contribution in [3.63, 3.8) is 0 Å². The van der Waals surface area contributed by atoms with Gasteiger partial charge in [0.15, 0.2) is 51.8 Å². The number of carbonyl (C=O) groups excluding carboxylic acids is 1. The van der Waals surface area contributed by atoms with E-state index >= 15 is 0 Å². The van der Waals surface area contributed by atoms with Crippen LogP contribution in [-0.4, -0.2) is 71.6 Å². The smallest absolute Gasteiger partial charge is 0.338 e. The lowest BCUT2D eigenvalue weighted by Crippen LogP contribution is -2.37. The van der Waals surface area contributed by atoms with Gasteiger partial charge in [0, 0.05) is 50.8 Å². The van der Waals surface area contributed by atoms with Crippen LogP contribution in [0.3, 0.4) is 0 Å². The molecule has 47 heavy (non-hydrogen) atoms. The Kier molecular flexibility index (Phi) is 7.99. The molecule has 2 atom stereocenters. The van der Waals surface area contributed by atoms with Crippen LogP contribution in [0, 0.1) is 0 Å². The highest BCUT2D eigenvalue weighted by Gasteiger charge is 2.37. The average molecular weight is 653 g/mol. The van der Waals surface area contributed by atoms with E-state index in [4.69, 9.17) is 9.47 Å². The molecule has 17 nitrogen and oxygen atoms in total. The van der Waals surface area contributed by atoms with Crippen LogP contribution < -0.4 is 16.0 Å². The number of aromatic nitrogens is 4. The number of aryl methyl sites for hydroxylation is 2. The summed E-state index contributed by atoms with van der Waals surface area (Å²) in [6.07, 6.45) is -0.969. The van der Waals surface area contributed by atoms with Crippen molar-refractivity contribution in [2.24, 2.45) is 21.1 Å². The van der Waals surface area contributed by atoms with Gasteiger partial charge in [0.1, 0.15) is 23.4 Å². The number of rotatable bonds is 3. The van der Waals surface area contributed by atoms with Crippen molar-refractivity contribution < 1.29 is 55.1 Å². The first-order valence-corrected chi connectivity index (χ1v) is 13.6. The van der Waals surface area contributed by atoms with Gasteiger partial charge in [-0.3, -0.25) is 13.9 Å². The summed E-state index contributed by atoms with van der Waals surface area (Å²) in [5, 5.41) is 78.2. The fourth-order valence-electron chi connectivity index (χ4n) is 5.02. The highest BCUT2D eigenvalue weighted by molar-refractivity contribution is 5.91. The number of nitrogens with zero attached hydrogens (tertiary/aromatic N) is 4. The number of fused-ring (bicyclic) bond motifs is 2. The molecule has 0 saturated heterocycles. The molecule has 1 aliphatic rings. The maximum Gasteiger partial charge on any atom is 0.338 e. The predicted molar refractivity (Wildman–Crippen MR) is 160 cm³/mol. The van der Waals surface area contributed by atoms with E-state index in [0.29, 0.717) is 11.2 Å². The number of hydrogen-bond acceptors (Lipinski definition) is 14. The molecule has 3 aromatic carbocycles. The number of ether oxygens (including phenoxy) is 2. The lowest BCUT2D eigenvalue weighted by atomic mass is 9.93. The Morgan fingerprint density at radius 2 is 1.38 bits per heavy atom. The van der Waals surface area contributed by atoms with Crippen molar-refractivity contribution in [3.05, 3.63) is 80.3 Å². The highest BCUT2D eigenvalue weighted by Crippen LogP contribution is 2.46. The van der Waals surface area contributed by atoms with Gasteiger partial charge in [-0.15, -0.1) is 0 Å². The third-order valence-electron chi connectivity index (χ3n) is 7.47. The molecule has 246 valence electrons. The molecule has 0 radical (unpaired) electrons. The van der Waals surface area contributed by atoms with Crippen LogP contribution >= 0.6 is 0 Å². The molecule has 3 heterocycles. The molecular weight excluding hydrogens is 624 g/mol. The summed E-state index contributed by atoms with van der Waals surface area (Å²) in [6, 6.07) is 6.18. The molecule has 17 heteroatoms. The van der Waals surface area contributed by atoms with E-state index in [1.54, 1.807) is 18.7 Å². The van der Waals surface area contributed by atoms with Gasteiger partial charge in [-0.05, 0) is 24.3 Å². The fraction of sp³-hybridized carbons (Fsp3) is 0.200. The van der Waals surface area contributed by atoms with Crippen LogP contribution in [0.2, 0.25) is 0 Å². The minimum atomic E-state index is -1.18. The lowest BCUT2D eigenvalue weighted by Gasteiger charge is -2.34. The lowest BCUT2D eigenvalue weighted by molar-refractivity contribution is -0.0189. The maximum atomic E-state index is 12.7. The number of aromatic hydroxyl groups is 8. The van der Waals surface area contributed by atoms with E-state index in [2.05, 4.69) is 4.98 Å². The molecule has 0 unspecified atom stereocenters. The largest absolute Gasteiger partial charge is 0.508 e. The highest BCUT2D eigenvalue weighted by atomic mass is 16.6. The number of benzene rings is 3. The van der Waals surface area contributed by atoms with Crippen LogP contribution in [-0.2, 0) is 32.3 Å². The zero-order chi connectivity index (χ0) is 34.5. The van der Waals surface area contributed by atoms with Gasteiger partial charge >= 0.3 is 11.7 Å². The van der Waals surface area contributed by atoms with Crippen molar-refractivity contribution in [3.8, 4) is 51.7 Å². The van der Waals surface area contributed by atoms with Crippen LogP contribution in [0.15, 0.2) is 52.3 Å². The summed E-state index contributed by atoms with van der Waals surface area (Å²) in [4.78, 5) is 39.9. The predicted octanol–water partition coefficient (Wildman–Crippen LogP) is 1.20. The number of carbonyl (C=O) groups is 1. The Labute approximate surface area is 262 Å². The standard InChI is InChI=1S/C22H18O11.C8H10N4O2/c23-10-5-12(24)11-7-18(33-22(31)9-3-15(27)20(30)16(28)4-9)21(32-17(11)6-10)8-1-13(25)19(29)14(26)2-8;1-10-4-9-6-5(10)7(13)12(3)8(14)11(6)2/h1-6,18,21,23-30H,7H2;4H,1-3H3/t18-,21-;/m1./s1. The number of hydrogen-bond donors (Lipinski definition) is 8. The summed E-state index contributed by atoms with van der Waals surface area (Å²) >= 11 is 0. The minimum absolute atomic E-state index is 0.0526. The average Bonchev–Trinajstić information content (AvgIpc) is 3.41. The first-order valence-electron chi connectivity index (χ1n) is 13.6. The Bertz CT molecular complexity index is 2140. The van der Waals surface area contributed by atoms with E-state index in [9.17, 15) is 55.2 Å². The van der Waals surface area contributed by atoms with Crippen LogP contribution in [0.5, 0.6) is 51.7 Å². The summed E-state index contributed by atoms with van der Waals surface area (Å²) in [6.45, 7) is 0. The van der Waals surface area contributed by atoms with Gasteiger partial charge in [0.25, 0.3) is 5.56 Å². The third-order valence-corrected chi connectivity index (χ3v) is 7.47. The Morgan fingerprint density at radius 3 is 1.98 bits per heavy atom. The van der Waals surface area contributed by atoms with Crippen LogP contribution in [0.1, 0.15) is 27.6 Å². The van der Waals surface area contributed by atoms with Gasteiger partial charge in [-0.2, -0.15) is 0 Å². The molecule has 2 aromatic heterocycles. The monoisotopic (exact) mass is 652 g/mol. The maximum absolute atomic E-state index is 12.7. The normalized spacial score (nSPS) is 15.3. The van der Waals surface area contributed by atoms with E-state index in [1.165, 1.54) is 24.0 Å². The number of phenols is 8. The molecule has 0 amide bonds. The van der Waals surface area contributed by atoms with E-state index in [-0.39, 0.29) is 51.6 Å². The Balaban J connectivity index is 0.000000257. The Hall–Kier alpha value is -6.52. The van der Waals surface area contributed by atoms with E-state index in [0.717, 1.165) is 34.9 Å². The van der Waals surface area contributed by atoms with Crippen LogP contribution in [0.25, 0.3) is 11.2 Å². The van der Waals surface area contributed by atoms with Gasteiger partial charge in [0.05, 0.1) is 11.9 Å². The molecule has 8 N–H and O–H groups in total. The van der Waals surface area contributed by atoms with Gasteiger partial charge in [-0.1, -0.05) is 0 Å². The van der Waals surface area contributed by atoms with Crippen molar-refractivity contribution in [1.29, 1.82) is 0 Å². The molecule has 0 fully saturated rings. The summed E-state index contributed by atoms with van der Waals surface area (Å²) in [5.74, 6) is -6.06. The van der Waals surface area contributed by atoms with Crippen LogP contribution in [0.4, 0.5) is 0 Å². The molecule has 0 bridgehead atoms. The first-order chi connectivity index (χ1) is 22.1. The SMILES string of the molecule is Cn1c(=O)c2c(ncn2C)n(C)c1=O.O=C(O[C@@H]1Cc2c(O)cc(O)cc2O[C@@H]1c1cc(O)c(O)c(O)c1)c1cc(O)c(O)c(O)c1. The zero-order valence-corrected chi connectivity index (χ0v) is 24.8. The quantitative estimate of drug-likeness (QED) is 0.101. The van der Waals surface area contributed by atoms with E-state index in [1.807, 2.05) is 0 Å². The molecule has 1 aliphatic heterocycles. The Morgan fingerprint density at radius 1 is 0.809 bits per heavy atom. The van der Waals surface area contributed by atoms with Crippen molar-refractivity contribution in [2.75, 3.05) is 0 Å². The van der Waals surface area contributed by atoms with Crippen molar-refractivity contribution >= 4 is 17.1 Å². The third kappa shape index (κ3) is 5.72. The van der Waals surface area contributed by atoms with Gasteiger partial charge in [-0.25, -0.2) is 14.6 Å². The second kappa shape index (κ2) is 11.8. The van der Waals surface area contributed by atoms with Crippen molar-refractivity contribution in [1.82, 2.24) is 18.7 Å². The van der Waals surface area contributed by atoms with E-state index < -0.39 is 52.7 Å². The van der Waals surface area contributed by atoms with Gasteiger partial charge in [0.2, 0.25) is 0 Å². The molecule has 6 rings (SSSR count). The summed E-state index contributed by atoms with van der Waals surface area (Å²) < 4.78 is 15.3. The first kappa shape index (κ1) is 31.9. The van der Waals surface area contributed by atoms with Gasteiger partial charge < -0.3 is 54.9 Å². The molecule has 0 saturated carbocycles. The summed E-state index contributed by atoms with van der Waals surface area (Å²) in [5.41, 5.74) is 0.161.